The molecule has 0 saturated carbocycles. The Labute approximate surface area is 259 Å². The summed E-state index contributed by atoms with van der Waals surface area (Å²) in [5.74, 6) is 0. The molecule has 9 rings (SSSR count). The molecular formula is C41H26N2S. The molecule has 9 aromatic rings. The van der Waals surface area contributed by atoms with E-state index in [4.69, 9.17) is 0 Å². The summed E-state index contributed by atoms with van der Waals surface area (Å²) in [6.07, 6.45) is 3.88. The van der Waals surface area contributed by atoms with Crippen molar-refractivity contribution >= 4 is 80.9 Å². The lowest BCUT2D eigenvalue weighted by Gasteiger charge is -2.28. The smallest absolute Gasteiger partial charge is 0.0640 e. The molecule has 0 N–H and O–H groups in total. The van der Waals surface area contributed by atoms with Gasteiger partial charge < -0.3 is 4.90 Å². The Kier molecular flexibility index (Phi) is 5.71. The fraction of sp³-hybridized carbons (Fsp3) is 0. The summed E-state index contributed by atoms with van der Waals surface area (Å²) in [6, 6.07) is 52.8. The lowest BCUT2D eigenvalue weighted by atomic mass is 9.94. The summed E-state index contributed by atoms with van der Waals surface area (Å²) in [6.45, 7) is 0. The molecule has 0 atom stereocenters. The van der Waals surface area contributed by atoms with Crippen molar-refractivity contribution < 1.29 is 0 Å². The molecule has 0 aliphatic heterocycles. The molecule has 0 aliphatic rings. The Balaban J connectivity index is 1.36. The minimum absolute atomic E-state index is 1.12. The topological polar surface area (TPSA) is 16.1 Å². The average Bonchev–Trinajstić information content (AvgIpc) is 3.48. The zero-order valence-corrected chi connectivity index (χ0v) is 24.6. The highest BCUT2D eigenvalue weighted by atomic mass is 32.1. The highest BCUT2D eigenvalue weighted by Gasteiger charge is 2.21. The van der Waals surface area contributed by atoms with E-state index in [0.717, 1.165) is 5.69 Å². The zero-order valence-electron chi connectivity index (χ0n) is 23.8. The molecular weight excluding hydrogens is 553 g/mol. The summed E-state index contributed by atoms with van der Waals surface area (Å²) in [4.78, 5) is 6.91. The van der Waals surface area contributed by atoms with Gasteiger partial charge >= 0.3 is 0 Å². The number of anilines is 3. The molecule has 0 spiro atoms. The molecule has 7 aromatic carbocycles. The fourth-order valence-corrected chi connectivity index (χ4v) is 7.86. The van der Waals surface area contributed by atoms with Crippen molar-refractivity contribution in [2.45, 2.75) is 0 Å². The Hall–Kier alpha value is -5.51. The Morgan fingerprint density at radius 3 is 2.05 bits per heavy atom. The summed E-state index contributed by atoms with van der Waals surface area (Å²) in [5, 5.41) is 9.99. The van der Waals surface area contributed by atoms with Gasteiger partial charge in [0, 0.05) is 38.9 Å². The summed E-state index contributed by atoms with van der Waals surface area (Å²) in [7, 11) is 0. The van der Waals surface area contributed by atoms with Gasteiger partial charge in [0.15, 0.2) is 0 Å². The Morgan fingerprint density at radius 2 is 1.18 bits per heavy atom. The summed E-state index contributed by atoms with van der Waals surface area (Å²) < 4.78 is 2.50. The Bertz CT molecular complexity index is 2490. The van der Waals surface area contributed by atoms with E-state index in [9.17, 15) is 0 Å². The van der Waals surface area contributed by atoms with Crippen LogP contribution >= 0.6 is 11.3 Å². The van der Waals surface area contributed by atoms with Gasteiger partial charge in [0.05, 0.1) is 16.1 Å². The van der Waals surface area contributed by atoms with E-state index in [2.05, 4.69) is 155 Å². The number of hydrogen-bond donors (Lipinski definition) is 0. The van der Waals surface area contributed by atoms with Crippen LogP contribution in [-0.2, 0) is 0 Å². The number of rotatable bonds is 4. The maximum Gasteiger partial charge on any atom is 0.0640 e. The molecule has 44 heavy (non-hydrogen) atoms. The third-order valence-electron chi connectivity index (χ3n) is 8.72. The monoisotopic (exact) mass is 578 g/mol. The lowest BCUT2D eigenvalue weighted by Crippen LogP contribution is -2.11. The van der Waals surface area contributed by atoms with Crippen LogP contribution < -0.4 is 4.90 Å². The molecule has 0 fully saturated rings. The van der Waals surface area contributed by atoms with E-state index in [-0.39, 0.29) is 0 Å². The number of benzene rings is 7. The van der Waals surface area contributed by atoms with E-state index in [0.29, 0.717) is 0 Å². The third-order valence-corrected chi connectivity index (χ3v) is 9.93. The van der Waals surface area contributed by atoms with E-state index < -0.39 is 0 Å². The van der Waals surface area contributed by atoms with Crippen LogP contribution in [-0.4, -0.2) is 4.98 Å². The highest BCUT2D eigenvalue weighted by molar-refractivity contribution is 7.26. The van der Waals surface area contributed by atoms with Gasteiger partial charge in [-0.05, 0) is 68.4 Å². The number of hydrogen-bond acceptors (Lipinski definition) is 3. The van der Waals surface area contributed by atoms with Gasteiger partial charge in [0.25, 0.3) is 0 Å². The van der Waals surface area contributed by atoms with Crippen molar-refractivity contribution in [3.8, 4) is 11.1 Å². The van der Waals surface area contributed by atoms with Gasteiger partial charge in [0.2, 0.25) is 0 Å². The zero-order chi connectivity index (χ0) is 29.0. The van der Waals surface area contributed by atoms with Gasteiger partial charge in [0.1, 0.15) is 0 Å². The van der Waals surface area contributed by atoms with Crippen molar-refractivity contribution in [1.82, 2.24) is 4.98 Å². The maximum absolute atomic E-state index is 4.46. The van der Waals surface area contributed by atoms with Crippen molar-refractivity contribution in [3.63, 3.8) is 0 Å². The van der Waals surface area contributed by atoms with E-state index in [1.807, 2.05) is 23.7 Å². The molecule has 0 amide bonds. The summed E-state index contributed by atoms with van der Waals surface area (Å²) >= 11 is 1.84. The standard InChI is InChI=1S/C41H26N2S/c1-2-9-27(10-3-1)28-19-21-31(22-20-28)43(37-16-8-15-35-36-26-42-24-23-39(36)44-41(35)37)38-25-30-18-17-29-11-4-5-12-32(29)40(30)34-14-7-6-13-33(34)38/h1-26H. The predicted octanol–water partition coefficient (Wildman–Crippen LogP) is 12.0. The van der Waals surface area contributed by atoms with Crippen LogP contribution in [0.3, 0.4) is 0 Å². The molecule has 2 nitrogen and oxygen atoms in total. The SMILES string of the molecule is c1ccc(-c2ccc(N(c3cc4ccc5ccccc5c4c4ccccc34)c3cccc4c3sc3ccncc34)cc2)cc1. The van der Waals surface area contributed by atoms with Crippen LogP contribution in [0.2, 0.25) is 0 Å². The van der Waals surface area contributed by atoms with Gasteiger partial charge in [-0.2, -0.15) is 0 Å². The van der Waals surface area contributed by atoms with Gasteiger partial charge in [-0.3, -0.25) is 4.98 Å². The molecule has 0 saturated heterocycles. The number of aromatic nitrogens is 1. The van der Waals surface area contributed by atoms with Crippen LogP contribution in [0, 0.1) is 0 Å². The van der Waals surface area contributed by atoms with Gasteiger partial charge in [-0.15, -0.1) is 11.3 Å². The fourth-order valence-electron chi connectivity index (χ4n) is 6.69. The molecule has 0 aliphatic carbocycles. The van der Waals surface area contributed by atoms with Crippen LogP contribution in [0.5, 0.6) is 0 Å². The number of pyridine rings is 1. The van der Waals surface area contributed by atoms with Crippen LogP contribution in [0.1, 0.15) is 0 Å². The first kappa shape index (κ1) is 25.0. The van der Waals surface area contributed by atoms with Crippen molar-refractivity contribution in [1.29, 1.82) is 0 Å². The number of thiophene rings is 1. The molecule has 206 valence electrons. The molecule has 0 bridgehead atoms. The lowest BCUT2D eigenvalue weighted by molar-refractivity contribution is 1.32. The first-order valence-corrected chi connectivity index (χ1v) is 15.7. The minimum Gasteiger partial charge on any atom is -0.308 e. The number of nitrogens with zero attached hydrogens (tertiary/aromatic N) is 2. The third kappa shape index (κ3) is 3.90. The summed E-state index contributed by atoms with van der Waals surface area (Å²) in [5.41, 5.74) is 5.88. The highest BCUT2D eigenvalue weighted by Crippen LogP contribution is 2.48. The second-order valence-electron chi connectivity index (χ2n) is 11.2. The van der Waals surface area contributed by atoms with Crippen LogP contribution in [0.15, 0.2) is 158 Å². The molecule has 0 unspecified atom stereocenters. The van der Waals surface area contributed by atoms with Crippen molar-refractivity contribution in [2.24, 2.45) is 0 Å². The Morgan fingerprint density at radius 1 is 0.477 bits per heavy atom. The van der Waals surface area contributed by atoms with E-state index in [1.165, 1.54) is 75.0 Å². The van der Waals surface area contributed by atoms with Crippen molar-refractivity contribution in [2.75, 3.05) is 4.90 Å². The maximum atomic E-state index is 4.46. The number of fused-ring (bicyclic) bond motifs is 8. The quantitative estimate of drug-likeness (QED) is 0.193. The molecule has 3 heteroatoms. The van der Waals surface area contributed by atoms with Crippen LogP contribution in [0.4, 0.5) is 17.1 Å². The van der Waals surface area contributed by atoms with Crippen LogP contribution in [0.25, 0.3) is 63.6 Å². The molecule has 2 aromatic heterocycles. The normalized spacial score (nSPS) is 11.6. The second kappa shape index (κ2) is 10.0. The van der Waals surface area contributed by atoms with Gasteiger partial charge in [-0.25, -0.2) is 0 Å². The van der Waals surface area contributed by atoms with Gasteiger partial charge in [-0.1, -0.05) is 115 Å². The average molecular weight is 579 g/mol. The first-order chi connectivity index (χ1) is 21.8. The molecule has 2 heterocycles. The van der Waals surface area contributed by atoms with E-state index >= 15 is 0 Å². The van der Waals surface area contributed by atoms with E-state index in [1.54, 1.807) is 0 Å². The largest absolute Gasteiger partial charge is 0.308 e. The minimum atomic E-state index is 1.12. The molecule has 0 radical (unpaired) electrons. The first-order valence-electron chi connectivity index (χ1n) is 14.9. The second-order valence-corrected chi connectivity index (χ2v) is 12.3. The predicted molar refractivity (Wildman–Crippen MR) is 190 cm³/mol. The van der Waals surface area contributed by atoms with Crippen molar-refractivity contribution in [3.05, 3.63) is 158 Å².